The van der Waals surface area contributed by atoms with Crippen LogP contribution >= 0.6 is 0 Å². The van der Waals surface area contributed by atoms with Crippen LogP contribution in [0.3, 0.4) is 0 Å². The molecule has 0 fully saturated rings. The molecule has 3 aromatic rings. The first-order chi connectivity index (χ1) is 14.9. The first-order valence-corrected chi connectivity index (χ1v) is 11.5. The van der Waals surface area contributed by atoms with Crippen LogP contribution in [0.5, 0.6) is 5.75 Å². The number of amides is 1. The van der Waals surface area contributed by atoms with E-state index in [0.29, 0.717) is 5.69 Å². The molecule has 10 heteroatoms. The molecule has 9 nitrogen and oxygen atoms in total. The summed E-state index contributed by atoms with van der Waals surface area (Å²) >= 11 is 0. The number of methoxy groups -OCH3 is 1. The Bertz CT molecular complexity index is 1220. The van der Waals surface area contributed by atoms with Gasteiger partial charge in [0.1, 0.15) is 11.6 Å². The predicted octanol–water partition coefficient (Wildman–Crippen LogP) is 2.58. The number of nitrogens with zero attached hydrogens (tertiary/aromatic N) is 3. The SMILES string of the molecule is COc1ccc(S(N)(=O)=O)cc1C(=O)Nc1ccc(-c2nnc3n2CCCCC3)cc1. The highest BCUT2D eigenvalue weighted by molar-refractivity contribution is 7.89. The van der Waals surface area contributed by atoms with Gasteiger partial charge in [-0.15, -0.1) is 10.2 Å². The van der Waals surface area contributed by atoms with Crippen molar-refractivity contribution in [2.24, 2.45) is 5.14 Å². The summed E-state index contributed by atoms with van der Waals surface area (Å²) in [5.74, 6) is 1.56. The summed E-state index contributed by atoms with van der Waals surface area (Å²) in [6, 6.07) is 11.2. The summed E-state index contributed by atoms with van der Waals surface area (Å²) in [7, 11) is -2.55. The minimum atomic E-state index is -3.95. The lowest BCUT2D eigenvalue weighted by atomic mass is 10.1. The molecule has 1 aromatic heterocycles. The number of fused-ring (bicyclic) bond motifs is 1. The molecule has 0 spiro atoms. The van der Waals surface area contributed by atoms with Gasteiger partial charge in [0.25, 0.3) is 5.91 Å². The lowest BCUT2D eigenvalue weighted by Gasteiger charge is -2.11. The van der Waals surface area contributed by atoms with E-state index < -0.39 is 15.9 Å². The number of hydrogen-bond acceptors (Lipinski definition) is 6. The molecular formula is C21H23N5O4S. The summed E-state index contributed by atoms with van der Waals surface area (Å²) in [5.41, 5.74) is 1.53. The van der Waals surface area contributed by atoms with Crippen LogP contribution in [0.25, 0.3) is 11.4 Å². The zero-order chi connectivity index (χ0) is 22.0. The number of carbonyl (C=O) groups is 1. The van der Waals surface area contributed by atoms with Crippen LogP contribution in [-0.4, -0.2) is 36.2 Å². The number of aromatic nitrogens is 3. The highest BCUT2D eigenvalue weighted by Gasteiger charge is 2.19. The first-order valence-electron chi connectivity index (χ1n) is 9.91. The normalized spacial score (nSPS) is 13.9. The molecule has 0 saturated carbocycles. The number of aryl methyl sites for hydroxylation is 1. The molecule has 2 heterocycles. The average molecular weight is 442 g/mol. The molecule has 1 aliphatic heterocycles. The molecule has 4 rings (SSSR count). The summed E-state index contributed by atoms with van der Waals surface area (Å²) in [4.78, 5) is 12.6. The molecule has 0 unspecified atom stereocenters. The Morgan fingerprint density at radius 3 is 2.58 bits per heavy atom. The van der Waals surface area contributed by atoms with E-state index in [-0.39, 0.29) is 16.2 Å². The van der Waals surface area contributed by atoms with Gasteiger partial charge < -0.3 is 14.6 Å². The Kier molecular flexibility index (Phi) is 5.75. The monoisotopic (exact) mass is 441 g/mol. The molecule has 162 valence electrons. The fourth-order valence-electron chi connectivity index (χ4n) is 3.64. The van der Waals surface area contributed by atoms with Crippen molar-refractivity contribution < 1.29 is 17.9 Å². The number of rotatable bonds is 5. The number of hydrogen-bond donors (Lipinski definition) is 2. The van der Waals surface area contributed by atoms with Crippen LogP contribution in [0.4, 0.5) is 5.69 Å². The van der Waals surface area contributed by atoms with Crippen molar-refractivity contribution in [2.45, 2.75) is 37.1 Å². The van der Waals surface area contributed by atoms with Gasteiger partial charge in [0.15, 0.2) is 5.82 Å². The van der Waals surface area contributed by atoms with E-state index in [1.54, 1.807) is 12.1 Å². The van der Waals surface area contributed by atoms with Crippen molar-refractivity contribution in [3.8, 4) is 17.1 Å². The molecule has 31 heavy (non-hydrogen) atoms. The van der Waals surface area contributed by atoms with Crippen LogP contribution in [0.15, 0.2) is 47.4 Å². The van der Waals surface area contributed by atoms with Crippen molar-refractivity contribution in [1.29, 1.82) is 0 Å². The highest BCUT2D eigenvalue weighted by atomic mass is 32.2. The molecule has 1 aliphatic rings. The average Bonchev–Trinajstić information content (AvgIpc) is 3.01. The first kappa shape index (κ1) is 21.0. The molecule has 2 aromatic carbocycles. The Morgan fingerprint density at radius 2 is 1.87 bits per heavy atom. The van der Waals surface area contributed by atoms with Crippen molar-refractivity contribution >= 4 is 21.6 Å². The summed E-state index contributed by atoms with van der Waals surface area (Å²) < 4.78 is 30.6. The number of carbonyl (C=O) groups excluding carboxylic acids is 1. The van der Waals surface area contributed by atoms with Gasteiger partial charge in [-0.1, -0.05) is 6.42 Å². The molecular weight excluding hydrogens is 418 g/mol. The zero-order valence-corrected chi connectivity index (χ0v) is 17.9. The van der Waals surface area contributed by atoms with Gasteiger partial charge in [-0.05, 0) is 55.3 Å². The minimum absolute atomic E-state index is 0.0703. The van der Waals surface area contributed by atoms with Crippen molar-refractivity contribution in [2.75, 3.05) is 12.4 Å². The highest BCUT2D eigenvalue weighted by Crippen LogP contribution is 2.26. The van der Waals surface area contributed by atoms with E-state index in [4.69, 9.17) is 9.88 Å². The molecule has 3 N–H and O–H groups in total. The molecule has 1 amide bonds. The van der Waals surface area contributed by atoms with E-state index in [9.17, 15) is 13.2 Å². The van der Waals surface area contributed by atoms with Crippen molar-refractivity contribution in [1.82, 2.24) is 14.8 Å². The molecule has 0 bridgehead atoms. The molecule has 0 radical (unpaired) electrons. The van der Waals surface area contributed by atoms with Crippen LogP contribution in [0.1, 0.15) is 35.4 Å². The zero-order valence-electron chi connectivity index (χ0n) is 17.0. The number of primary sulfonamides is 1. The lowest BCUT2D eigenvalue weighted by Crippen LogP contribution is -2.16. The maximum absolute atomic E-state index is 12.8. The van der Waals surface area contributed by atoms with Gasteiger partial charge >= 0.3 is 0 Å². The van der Waals surface area contributed by atoms with E-state index in [1.165, 1.54) is 31.7 Å². The van der Waals surface area contributed by atoms with E-state index in [2.05, 4.69) is 20.1 Å². The Labute approximate surface area is 180 Å². The number of nitrogens with two attached hydrogens (primary N) is 1. The van der Waals surface area contributed by atoms with Gasteiger partial charge in [-0.2, -0.15) is 0 Å². The van der Waals surface area contributed by atoms with Crippen molar-refractivity contribution in [3.05, 3.63) is 53.9 Å². The largest absolute Gasteiger partial charge is 0.496 e. The summed E-state index contributed by atoms with van der Waals surface area (Å²) in [6.45, 7) is 0.899. The number of benzene rings is 2. The second-order valence-corrected chi connectivity index (χ2v) is 8.90. The van der Waals surface area contributed by atoms with Gasteiger partial charge in [0.2, 0.25) is 10.0 Å². The van der Waals surface area contributed by atoms with Crippen LogP contribution in [0.2, 0.25) is 0 Å². The fraction of sp³-hybridized carbons (Fsp3) is 0.286. The summed E-state index contributed by atoms with van der Waals surface area (Å²) in [5, 5.41) is 16.6. The van der Waals surface area contributed by atoms with Gasteiger partial charge in [0, 0.05) is 24.2 Å². The fourth-order valence-corrected chi connectivity index (χ4v) is 4.18. The topological polar surface area (TPSA) is 129 Å². The summed E-state index contributed by atoms with van der Waals surface area (Å²) in [6.07, 6.45) is 4.34. The molecule has 0 aliphatic carbocycles. The van der Waals surface area contributed by atoms with Gasteiger partial charge in [0.05, 0.1) is 17.6 Å². The Morgan fingerprint density at radius 1 is 1.10 bits per heavy atom. The van der Waals surface area contributed by atoms with Crippen LogP contribution < -0.4 is 15.2 Å². The molecule has 0 atom stereocenters. The van der Waals surface area contributed by atoms with Crippen LogP contribution in [0, 0.1) is 0 Å². The third kappa shape index (κ3) is 4.44. The third-order valence-electron chi connectivity index (χ3n) is 5.25. The predicted molar refractivity (Wildman–Crippen MR) is 115 cm³/mol. The number of anilines is 1. The van der Waals surface area contributed by atoms with Gasteiger partial charge in [-0.3, -0.25) is 4.79 Å². The number of sulfonamides is 1. The van der Waals surface area contributed by atoms with Gasteiger partial charge in [-0.25, -0.2) is 13.6 Å². The number of nitrogens with one attached hydrogen (secondary N) is 1. The standard InChI is InChI=1S/C21H23N5O4S/c1-30-18-11-10-16(31(22,28)29)13-17(18)21(27)23-15-8-6-14(7-9-15)20-25-24-19-5-3-2-4-12-26(19)20/h6-11,13H,2-5,12H2,1H3,(H,23,27)(H2,22,28,29). The van der Waals surface area contributed by atoms with E-state index >= 15 is 0 Å². The second kappa shape index (κ2) is 8.48. The maximum Gasteiger partial charge on any atom is 0.259 e. The lowest BCUT2D eigenvalue weighted by molar-refractivity contribution is 0.102. The quantitative estimate of drug-likeness (QED) is 0.626. The van der Waals surface area contributed by atoms with Crippen molar-refractivity contribution in [3.63, 3.8) is 0 Å². The minimum Gasteiger partial charge on any atom is -0.496 e. The van der Waals surface area contributed by atoms with E-state index in [1.807, 2.05) is 12.1 Å². The Hall–Kier alpha value is -3.24. The third-order valence-corrected chi connectivity index (χ3v) is 6.17. The maximum atomic E-state index is 12.8. The second-order valence-electron chi connectivity index (χ2n) is 7.34. The smallest absolute Gasteiger partial charge is 0.259 e. The van der Waals surface area contributed by atoms with E-state index in [0.717, 1.165) is 43.0 Å². The Balaban J connectivity index is 1.56. The molecule has 0 saturated heterocycles. The van der Waals surface area contributed by atoms with Crippen LogP contribution in [-0.2, 0) is 23.0 Å². The number of ether oxygens (including phenoxy) is 1.